The highest BCUT2D eigenvalue weighted by Gasteiger charge is 2.33. The smallest absolute Gasteiger partial charge is 0.326 e. The normalized spacial score (nSPS) is 16.2. The maximum atomic E-state index is 12.8. The number of benzene rings is 1. The lowest BCUT2D eigenvalue weighted by molar-refractivity contribution is -0.138. The molecule has 1 aromatic carbocycles. The SMILES string of the molecule is NCc1ccc(NS(=O)(=O)NC2CC2)cc1C(F)(F)F. The molecule has 0 amide bonds. The molecule has 0 heterocycles. The molecule has 9 heteroatoms. The van der Waals surface area contributed by atoms with Gasteiger partial charge in [0.15, 0.2) is 0 Å². The standard InChI is InChI=1S/C11H14F3N3O2S/c12-11(13,14)10-5-9(2-1-7(10)6-15)17-20(18,19)16-8-3-4-8/h1-2,5,8,16-17H,3-4,6,15H2. The van der Waals surface area contributed by atoms with Crippen molar-refractivity contribution in [1.29, 1.82) is 0 Å². The first-order valence-electron chi connectivity index (χ1n) is 5.91. The van der Waals surface area contributed by atoms with Gasteiger partial charge in [-0.05, 0) is 30.5 Å². The van der Waals surface area contributed by atoms with Crippen molar-refractivity contribution in [3.05, 3.63) is 29.3 Å². The van der Waals surface area contributed by atoms with Crippen LogP contribution < -0.4 is 15.2 Å². The van der Waals surface area contributed by atoms with Crippen molar-refractivity contribution >= 4 is 15.9 Å². The zero-order valence-electron chi connectivity index (χ0n) is 10.4. The Hall–Kier alpha value is -1.32. The molecule has 4 N–H and O–H groups in total. The molecule has 0 spiro atoms. The quantitative estimate of drug-likeness (QED) is 0.772. The summed E-state index contributed by atoms with van der Waals surface area (Å²) in [6, 6.07) is 3.04. The highest BCUT2D eigenvalue weighted by molar-refractivity contribution is 7.90. The molecule has 1 aliphatic carbocycles. The van der Waals surface area contributed by atoms with Crippen molar-refractivity contribution < 1.29 is 21.6 Å². The molecule has 0 unspecified atom stereocenters. The summed E-state index contributed by atoms with van der Waals surface area (Å²) < 4.78 is 66.1. The van der Waals surface area contributed by atoms with Gasteiger partial charge in [-0.15, -0.1) is 0 Å². The van der Waals surface area contributed by atoms with E-state index < -0.39 is 21.9 Å². The maximum absolute atomic E-state index is 12.8. The van der Waals surface area contributed by atoms with Gasteiger partial charge in [-0.1, -0.05) is 6.07 Å². The van der Waals surface area contributed by atoms with Crippen molar-refractivity contribution in [2.45, 2.75) is 31.6 Å². The number of nitrogens with one attached hydrogen (secondary N) is 2. The van der Waals surface area contributed by atoms with Crippen LogP contribution in [0.15, 0.2) is 18.2 Å². The molecule has 0 bridgehead atoms. The number of nitrogens with two attached hydrogens (primary N) is 1. The molecule has 112 valence electrons. The van der Waals surface area contributed by atoms with Gasteiger partial charge in [0.1, 0.15) is 0 Å². The number of halogens is 3. The van der Waals surface area contributed by atoms with Crippen molar-refractivity contribution in [3.8, 4) is 0 Å². The van der Waals surface area contributed by atoms with Crippen LogP contribution in [-0.4, -0.2) is 14.5 Å². The largest absolute Gasteiger partial charge is 0.416 e. The van der Waals surface area contributed by atoms with Crippen molar-refractivity contribution in [2.24, 2.45) is 5.73 Å². The Balaban J connectivity index is 2.24. The molecule has 20 heavy (non-hydrogen) atoms. The van der Waals surface area contributed by atoms with Gasteiger partial charge in [0.05, 0.1) is 11.3 Å². The number of anilines is 1. The van der Waals surface area contributed by atoms with E-state index in [0.717, 1.165) is 25.0 Å². The summed E-state index contributed by atoms with van der Waals surface area (Å²) in [6.45, 7) is -0.276. The highest BCUT2D eigenvalue weighted by Crippen LogP contribution is 2.34. The van der Waals surface area contributed by atoms with Crippen LogP contribution in [0.1, 0.15) is 24.0 Å². The molecule has 5 nitrogen and oxygen atoms in total. The molecule has 2 rings (SSSR count). The average Bonchev–Trinajstić information content (AvgIpc) is 3.10. The molecule has 1 aliphatic rings. The fourth-order valence-electron chi connectivity index (χ4n) is 1.69. The van der Waals surface area contributed by atoms with Gasteiger partial charge in [-0.25, -0.2) is 0 Å². The van der Waals surface area contributed by atoms with E-state index in [-0.39, 0.29) is 23.8 Å². The molecule has 1 saturated carbocycles. The van der Waals surface area contributed by atoms with Crippen LogP contribution >= 0.6 is 0 Å². The third-order valence-corrected chi connectivity index (χ3v) is 3.93. The van der Waals surface area contributed by atoms with Gasteiger partial charge in [-0.3, -0.25) is 4.72 Å². The Morgan fingerprint density at radius 1 is 1.30 bits per heavy atom. The number of hydrogen-bond acceptors (Lipinski definition) is 3. The fourth-order valence-corrected chi connectivity index (χ4v) is 2.86. The molecule has 1 fully saturated rings. The Morgan fingerprint density at radius 3 is 2.45 bits per heavy atom. The molecule has 1 aromatic rings. The number of rotatable bonds is 5. The van der Waals surface area contributed by atoms with Crippen LogP contribution in [0.3, 0.4) is 0 Å². The summed E-state index contributed by atoms with van der Waals surface area (Å²) in [5, 5.41) is 0. The van der Waals surface area contributed by atoms with E-state index in [4.69, 9.17) is 5.73 Å². The van der Waals surface area contributed by atoms with Gasteiger partial charge < -0.3 is 5.73 Å². The van der Waals surface area contributed by atoms with E-state index in [1.165, 1.54) is 6.07 Å². The average molecular weight is 309 g/mol. The van der Waals surface area contributed by atoms with Crippen LogP contribution in [0.5, 0.6) is 0 Å². The van der Waals surface area contributed by atoms with E-state index >= 15 is 0 Å². The van der Waals surface area contributed by atoms with Gasteiger partial charge in [0, 0.05) is 12.6 Å². The van der Waals surface area contributed by atoms with Gasteiger partial charge in [-0.2, -0.15) is 26.3 Å². The number of alkyl halides is 3. The van der Waals surface area contributed by atoms with E-state index in [1.807, 2.05) is 0 Å². The molecule has 0 atom stereocenters. The van der Waals surface area contributed by atoms with E-state index in [2.05, 4.69) is 9.44 Å². The second kappa shape index (κ2) is 5.23. The van der Waals surface area contributed by atoms with Crippen LogP contribution in [0, 0.1) is 0 Å². The summed E-state index contributed by atoms with van der Waals surface area (Å²) in [6.07, 6.45) is -3.11. The van der Waals surface area contributed by atoms with E-state index in [0.29, 0.717) is 0 Å². The Labute approximate surface area is 114 Å². The highest BCUT2D eigenvalue weighted by atomic mass is 32.2. The predicted octanol–water partition coefficient (Wildman–Crippen LogP) is 1.57. The summed E-state index contributed by atoms with van der Waals surface area (Å²) in [5.41, 5.74) is 4.07. The van der Waals surface area contributed by atoms with E-state index in [1.54, 1.807) is 0 Å². The molecular formula is C11H14F3N3O2S. The minimum absolute atomic E-state index is 0.0874. The lowest BCUT2D eigenvalue weighted by atomic mass is 10.1. The molecule has 0 aromatic heterocycles. The maximum Gasteiger partial charge on any atom is 0.416 e. The second-order valence-corrected chi connectivity index (χ2v) is 6.02. The number of hydrogen-bond donors (Lipinski definition) is 3. The third kappa shape index (κ3) is 3.84. The van der Waals surface area contributed by atoms with Crippen LogP contribution in [0.4, 0.5) is 18.9 Å². The minimum Gasteiger partial charge on any atom is -0.326 e. The minimum atomic E-state index is -4.58. The van der Waals surface area contributed by atoms with Crippen molar-refractivity contribution in [3.63, 3.8) is 0 Å². The lowest BCUT2D eigenvalue weighted by Crippen LogP contribution is -2.31. The molecule has 0 radical (unpaired) electrons. The molecule has 0 aliphatic heterocycles. The second-order valence-electron chi connectivity index (χ2n) is 4.57. The van der Waals surface area contributed by atoms with Crippen LogP contribution in [0.2, 0.25) is 0 Å². The summed E-state index contributed by atoms with van der Waals surface area (Å²) in [4.78, 5) is 0. The van der Waals surface area contributed by atoms with Crippen molar-refractivity contribution in [2.75, 3.05) is 4.72 Å². The Bertz CT molecular complexity index is 597. The first-order chi connectivity index (χ1) is 9.21. The zero-order valence-corrected chi connectivity index (χ0v) is 11.2. The summed E-state index contributed by atoms with van der Waals surface area (Å²) in [7, 11) is -3.85. The van der Waals surface area contributed by atoms with Gasteiger partial charge in [0.25, 0.3) is 10.2 Å². The lowest BCUT2D eigenvalue weighted by Gasteiger charge is -2.14. The zero-order chi connectivity index (χ0) is 15.0. The molecule has 0 saturated heterocycles. The van der Waals surface area contributed by atoms with E-state index in [9.17, 15) is 21.6 Å². The van der Waals surface area contributed by atoms with Crippen LogP contribution in [-0.2, 0) is 22.9 Å². The Morgan fingerprint density at radius 2 is 1.95 bits per heavy atom. The van der Waals surface area contributed by atoms with Gasteiger partial charge in [0.2, 0.25) is 0 Å². The first-order valence-corrected chi connectivity index (χ1v) is 7.40. The molecular weight excluding hydrogens is 295 g/mol. The topological polar surface area (TPSA) is 84.2 Å². The van der Waals surface area contributed by atoms with Gasteiger partial charge >= 0.3 is 6.18 Å². The Kier molecular flexibility index (Phi) is 3.94. The van der Waals surface area contributed by atoms with Crippen LogP contribution in [0.25, 0.3) is 0 Å². The first kappa shape index (κ1) is 15.1. The predicted molar refractivity (Wildman–Crippen MR) is 68.0 cm³/mol. The third-order valence-electron chi connectivity index (χ3n) is 2.79. The summed E-state index contributed by atoms with van der Waals surface area (Å²) in [5.74, 6) is 0. The summed E-state index contributed by atoms with van der Waals surface area (Å²) >= 11 is 0. The fraction of sp³-hybridized carbons (Fsp3) is 0.455. The van der Waals surface area contributed by atoms with Crippen molar-refractivity contribution in [1.82, 2.24) is 4.72 Å². The monoisotopic (exact) mass is 309 g/mol.